The van der Waals surface area contributed by atoms with Gasteiger partial charge in [0.1, 0.15) is 6.10 Å². The summed E-state index contributed by atoms with van der Waals surface area (Å²) >= 11 is 0. The number of ether oxygens (including phenoxy) is 1. The first-order chi connectivity index (χ1) is 8.11. The van der Waals surface area contributed by atoms with Gasteiger partial charge in [0.05, 0.1) is 18.2 Å². The fourth-order valence-corrected chi connectivity index (χ4v) is 1.38. The summed E-state index contributed by atoms with van der Waals surface area (Å²) in [6.45, 7) is 1.71. The molecule has 0 bridgehead atoms. The summed E-state index contributed by atoms with van der Waals surface area (Å²) in [6.07, 6.45) is -3.16. The molecule has 17 heavy (non-hydrogen) atoms. The second-order valence-corrected chi connectivity index (χ2v) is 3.34. The smallest absolute Gasteiger partial charge is 0.338 e. The Hall–Kier alpha value is -1.90. The second-order valence-electron chi connectivity index (χ2n) is 3.34. The Morgan fingerprint density at radius 1 is 1.47 bits per heavy atom. The van der Waals surface area contributed by atoms with Gasteiger partial charge in [0.25, 0.3) is 0 Å². The molecule has 2 N–H and O–H groups in total. The number of esters is 1. The summed E-state index contributed by atoms with van der Waals surface area (Å²) in [6, 6.07) is 8.09. The molecule has 5 nitrogen and oxygen atoms in total. The van der Waals surface area contributed by atoms with Crippen LogP contribution in [0.4, 0.5) is 0 Å². The average Bonchev–Trinajstić information content (AvgIpc) is 2.37. The van der Waals surface area contributed by atoms with E-state index in [2.05, 4.69) is 4.74 Å². The Kier molecular flexibility index (Phi) is 4.64. The maximum Gasteiger partial charge on any atom is 0.338 e. The average molecular weight is 235 g/mol. The lowest BCUT2D eigenvalue weighted by atomic mass is 9.99. The van der Waals surface area contributed by atoms with Crippen LogP contribution in [0.3, 0.4) is 0 Å². The third-order valence-corrected chi connectivity index (χ3v) is 2.23. The standard InChI is InChI=1S/C12H13NO4/c1-2-17-12(16)11(15)10(14)9-6-4-3-5-8(9)7-13/h3-6,10-11,14-15H,2H2,1H3/t10-,11+/m1/s1. The van der Waals surface area contributed by atoms with Gasteiger partial charge in [-0.1, -0.05) is 18.2 Å². The Balaban J connectivity index is 2.93. The summed E-state index contributed by atoms with van der Waals surface area (Å²) in [5.41, 5.74) is 0.416. The summed E-state index contributed by atoms with van der Waals surface area (Å²) in [5.74, 6) is -0.909. The van der Waals surface area contributed by atoms with Crippen molar-refractivity contribution < 1.29 is 19.7 Å². The second kappa shape index (κ2) is 5.99. The third kappa shape index (κ3) is 3.03. The van der Waals surface area contributed by atoms with Gasteiger partial charge in [-0.2, -0.15) is 5.26 Å². The van der Waals surface area contributed by atoms with Crippen LogP contribution in [0.1, 0.15) is 24.2 Å². The first-order valence-corrected chi connectivity index (χ1v) is 5.13. The van der Waals surface area contributed by atoms with Crippen LogP contribution in [-0.2, 0) is 9.53 Å². The van der Waals surface area contributed by atoms with Crippen LogP contribution in [0.2, 0.25) is 0 Å². The molecular formula is C12H13NO4. The number of rotatable bonds is 4. The van der Waals surface area contributed by atoms with Crippen molar-refractivity contribution in [2.24, 2.45) is 0 Å². The van der Waals surface area contributed by atoms with Crippen LogP contribution in [0.15, 0.2) is 24.3 Å². The molecule has 5 heteroatoms. The highest BCUT2D eigenvalue weighted by Gasteiger charge is 2.28. The zero-order valence-electron chi connectivity index (χ0n) is 9.33. The monoisotopic (exact) mass is 235 g/mol. The lowest BCUT2D eigenvalue weighted by Gasteiger charge is -2.17. The Morgan fingerprint density at radius 2 is 2.12 bits per heavy atom. The first-order valence-electron chi connectivity index (χ1n) is 5.13. The quantitative estimate of drug-likeness (QED) is 0.742. The minimum Gasteiger partial charge on any atom is -0.464 e. The topological polar surface area (TPSA) is 90.6 Å². The van der Waals surface area contributed by atoms with Gasteiger partial charge in [0.15, 0.2) is 6.10 Å². The van der Waals surface area contributed by atoms with E-state index in [1.54, 1.807) is 19.1 Å². The SMILES string of the molecule is CCOC(=O)[C@@H](O)[C@H](O)c1ccccc1C#N. The van der Waals surface area contributed by atoms with Gasteiger partial charge in [0, 0.05) is 5.56 Å². The summed E-state index contributed by atoms with van der Waals surface area (Å²) in [7, 11) is 0. The number of nitrogens with zero attached hydrogens (tertiary/aromatic N) is 1. The first kappa shape index (κ1) is 13.2. The van der Waals surface area contributed by atoms with Crippen molar-refractivity contribution in [2.75, 3.05) is 6.61 Å². The van der Waals surface area contributed by atoms with Crippen molar-refractivity contribution >= 4 is 5.97 Å². The highest BCUT2D eigenvalue weighted by atomic mass is 16.5. The molecule has 0 aromatic heterocycles. The van der Waals surface area contributed by atoms with E-state index in [1.165, 1.54) is 12.1 Å². The van der Waals surface area contributed by atoms with Crippen LogP contribution in [0.5, 0.6) is 0 Å². The maximum atomic E-state index is 11.2. The molecule has 1 aromatic carbocycles. The van der Waals surface area contributed by atoms with E-state index in [4.69, 9.17) is 5.26 Å². The normalized spacial score (nSPS) is 13.5. The number of nitriles is 1. The highest BCUT2D eigenvalue weighted by molar-refractivity contribution is 5.75. The minimum atomic E-state index is -1.69. The van der Waals surface area contributed by atoms with Gasteiger partial charge >= 0.3 is 5.97 Å². The van der Waals surface area contributed by atoms with Crippen LogP contribution >= 0.6 is 0 Å². The van der Waals surface area contributed by atoms with Crippen LogP contribution in [0, 0.1) is 11.3 Å². The molecule has 0 unspecified atom stereocenters. The number of aliphatic hydroxyl groups excluding tert-OH is 2. The number of carbonyl (C=O) groups is 1. The van der Waals surface area contributed by atoms with E-state index in [-0.39, 0.29) is 17.7 Å². The van der Waals surface area contributed by atoms with Gasteiger partial charge in [-0.25, -0.2) is 4.79 Å². The molecule has 90 valence electrons. The van der Waals surface area contributed by atoms with Crippen LogP contribution in [0.25, 0.3) is 0 Å². The van der Waals surface area contributed by atoms with Crippen molar-refractivity contribution in [3.05, 3.63) is 35.4 Å². The Labute approximate surface area is 98.9 Å². The molecule has 0 aliphatic rings. The van der Waals surface area contributed by atoms with Gasteiger partial charge < -0.3 is 14.9 Å². The van der Waals surface area contributed by atoms with E-state index in [0.717, 1.165) is 0 Å². The van der Waals surface area contributed by atoms with Crippen LogP contribution in [-0.4, -0.2) is 28.9 Å². The Bertz CT molecular complexity index is 438. The largest absolute Gasteiger partial charge is 0.464 e. The molecule has 0 fully saturated rings. The molecule has 0 aliphatic heterocycles. The number of carbonyl (C=O) groups excluding carboxylic acids is 1. The molecule has 1 aromatic rings. The lowest BCUT2D eigenvalue weighted by Crippen LogP contribution is -2.30. The maximum absolute atomic E-state index is 11.2. The fourth-order valence-electron chi connectivity index (χ4n) is 1.38. The molecule has 0 saturated heterocycles. The van der Waals surface area contributed by atoms with E-state index in [1.807, 2.05) is 6.07 Å². The predicted molar refractivity (Wildman–Crippen MR) is 58.8 cm³/mol. The summed E-state index contributed by atoms with van der Waals surface area (Å²) in [5, 5.41) is 28.2. The van der Waals surface area contributed by atoms with Crippen molar-refractivity contribution in [1.29, 1.82) is 5.26 Å². The van der Waals surface area contributed by atoms with Gasteiger partial charge in [-0.15, -0.1) is 0 Å². The van der Waals surface area contributed by atoms with Gasteiger partial charge in [0.2, 0.25) is 0 Å². The molecule has 2 atom stereocenters. The third-order valence-electron chi connectivity index (χ3n) is 2.23. The Morgan fingerprint density at radius 3 is 2.71 bits per heavy atom. The highest BCUT2D eigenvalue weighted by Crippen LogP contribution is 2.21. The van der Waals surface area contributed by atoms with Crippen molar-refractivity contribution in [3.63, 3.8) is 0 Å². The molecule has 0 radical (unpaired) electrons. The molecule has 0 saturated carbocycles. The van der Waals surface area contributed by atoms with E-state index in [9.17, 15) is 15.0 Å². The minimum absolute atomic E-state index is 0.114. The van der Waals surface area contributed by atoms with Crippen molar-refractivity contribution in [1.82, 2.24) is 0 Å². The molecule has 0 aliphatic carbocycles. The molecular weight excluding hydrogens is 222 g/mol. The zero-order valence-corrected chi connectivity index (χ0v) is 9.33. The number of aliphatic hydroxyl groups is 2. The van der Waals surface area contributed by atoms with Crippen molar-refractivity contribution in [3.8, 4) is 6.07 Å². The van der Waals surface area contributed by atoms with E-state index >= 15 is 0 Å². The van der Waals surface area contributed by atoms with Crippen molar-refractivity contribution in [2.45, 2.75) is 19.1 Å². The van der Waals surface area contributed by atoms with E-state index in [0.29, 0.717) is 0 Å². The molecule has 0 amide bonds. The van der Waals surface area contributed by atoms with E-state index < -0.39 is 18.2 Å². The molecule has 0 heterocycles. The predicted octanol–water partition coefficient (Wildman–Crippen LogP) is 0.516. The molecule has 0 spiro atoms. The molecule has 1 rings (SSSR count). The summed E-state index contributed by atoms with van der Waals surface area (Å²) in [4.78, 5) is 11.2. The number of hydrogen-bond acceptors (Lipinski definition) is 5. The number of hydrogen-bond donors (Lipinski definition) is 2. The lowest BCUT2D eigenvalue weighted by molar-refractivity contribution is -0.159. The van der Waals surface area contributed by atoms with Crippen LogP contribution < -0.4 is 0 Å². The summed E-state index contributed by atoms with van der Waals surface area (Å²) < 4.78 is 4.59. The zero-order chi connectivity index (χ0) is 12.8. The fraction of sp³-hybridized carbons (Fsp3) is 0.333. The number of benzene rings is 1. The van der Waals surface area contributed by atoms with Gasteiger partial charge in [-0.3, -0.25) is 0 Å². The van der Waals surface area contributed by atoms with Gasteiger partial charge in [-0.05, 0) is 13.0 Å².